The van der Waals surface area contributed by atoms with Gasteiger partial charge in [-0.25, -0.2) is 15.0 Å². The zero-order valence-electron chi connectivity index (χ0n) is 27.0. The van der Waals surface area contributed by atoms with Crippen LogP contribution in [0.3, 0.4) is 0 Å². The van der Waals surface area contributed by atoms with E-state index in [-0.39, 0.29) is 44.4 Å². The molecule has 2 aromatic heterocycles. The first-order valence-electron chi connectivity index (χ1n) is 16.2. The summed E-state index contributed by atoms with van der Waals surface area (Å²) in [6.07, 6.45) is 0. The highest BCUT2D eigenvalue weighted by molar-refractivity contribution is 6.60. The lowest BCUT2D eigenvalue weighted by Crippen LogP contribution is -2.34. The van der Waals surface area contributed by atoms with Crippen LogP contribution in [0.15, 0.2) is 121 Å². The first kappa shape index (κ1) is 30.8. The van der Waals surface area contributed by atoms with Crippen molar-refractivity contribution in [3.8, 4) is 51.3 Å². The van der Waals surface area contributed by atoms with E-state index in [0.29, 0.717) is 22.7 Å². The van der Waals surface area contributed by atoms with E-state index in [1.165, 1.54) is 0 Å². The highest BCUT2D eigenvalue weighted by atomic mass is 16.3. The Morgan fingerprint density at radius 3 is 1.71 bits per heavy atom. The van der Waals surface area contributed by atoms with Crippen molar-refractivity contribution in [2.24, 2.45) is 0 Å². The van der Waals surface area contributed by atoms with E-state index in [1.807, 2.05) is 126 Å². The summed E-state index contributed by atoms with van der Waals surface area (Å²) >= 11 is 0. The van der Waals surface area contributed by atoms with E-state index in [4.69, 9.17) is 46.3 Å². The fourth-order valence-corrected chi connectivity index (χ4v) is 7.08. The van der Waals surface area contributed by atoms with Gasteiger partial charge in [0.05, 0.1) is 16.6 Å². The van der Waals surface area contributed by atoms with Crippen LogP contribution in [-0.2, 0) is 0 Å². The Hall–Kier alpha value is -6.27. The fourth-order valence-electron chi connectivity index (χ4n) is 7.08. The van der Waals surface area contributed by atoms with Crippen LogP contribution in [0.1, 0.15) is 0 Å². The summed E-state index contributed by atoms with van der Waals surface area (Å²) in [6, 6.07) is 39.1. The van der Waals surface area contributed by atoms with Crippen LogP contribution in [0, 0.1) is 0 Å². The molecule has 9 aromatic rings. The largest absolute Gasteiger partial charge is 0.509 e. The SMILES string of the molecule is [B]c1c(O)c([B])c2c(-c3nc(-c4ccccc4)nc(-c4ccc5ccccc5c4)n3)c(O)c([B])c(-n3c4ccccc4c4ccccc43)c2c1[B]. The smallest absolute Gasteiger partial charge is 0.168 e. The summed E-state index contributed by atoms with van der Waals surface area (Å²) in [5.41, 5.74) is 3.31. The predicted octanol–water partition coefficient (Wildman–Crippen LogP) is 4.86. The minimum absolute atomic E-state index is 0.00544. The Labute approximate surface area is 298 Å². The number of para-hydroxylation sites is 2. The van der Waals surface area contributed by atoms with Crippen molar-refractivity contribution in [2.45, 2.75) is 0 Å². The second kappa shape index (κ2) is 11.7. The number of benzene rings is 7. The minimum atomic E-state index is -0.425. The molecule has 0 aliphatic rings. The Morgan fingerprint density at radius 1 is 0.451 bits per heavy atom. The quantitative estimate of drug-likeness (QED) is 0.267. The number of phenolic OH excluding ortho intramolecular Hbond substituents is 2. The van der Waals surface area contributed by atoms with Gasteiger partial charge in [0.25, 0.3) is 0 Å². The molecule has 2 N–H and O–H groups in total. The molecule has 0 unspecified atom stereocenters. The number of phenols is 2. The zero-order chi connectivity index (χ0) is 35.0. The standard InChI is InChI=1S/C41H22B4N4O2/c42-32-30-29(33(43)38(51)34(32)44)31(37(50)35(45)36(30)49-27-16-8-6-14-25(27)26-15-7-9-17-28(26)49)41-47-39(22-11-2-1-3-12-22)46-40(48-41)24-19-18-21-10-4-5-13-23(21)20-24/h1-20,50-51H. The molecule has 0 saturated carbocycles. The van der Waals surface area contributed by atoms with Gasteiger partial charge >= 0.3 is 0 Å². The Bertz CT molecular complexity index is 2840. The van der Waals surface area contributed by atoms with Gasteiger partial charge in [0.1, 0.15) is 42.9 Å². The lowest BCUT2D eigenvalue weighted by molar-refractivity contribution is 0.481. The monoisotopic (exact) mass is 646 g/mol. The molecule has 0 saturated heterocycles. The molecule has 7 aromatic carbocycles. The van der Waals surface area contributed by atoms with Gasteiger partial charge in [-0.1, -0.05) is 114 Å². The number of aromatic nitrogens is 4. The molecule has 8 radical (unpaired) electrons. The van der Waals surface area contributed by atoms with Crippen LogP contribution in [0.4, 0.5) is 0 Å². The highest BCUT2D eigenvalue weighted by Crippen LogP contribution is 2.40. The fraction of sp³-hybridized carbons (Fsp3) is 0. The van der Waals surface area contributed by atoms with Crippen LogP contribution in [0.5, 0.6) is 11.5 Å². The molecular weight excluding hydrogens is 624 g/mol. The summed E-state index contributed by atoms with van der Waals surface area (Å²) < 4.78 is 1.93. The average molecular weight is 646 g/mol. The lowest BCUT2D eigenvalue weighted by atomic mass is 9.69. The topological polar surface area (TPSA) is 84.1 Å². The normalized spacial score (nSPS) is 11.6. The maximum Gasteiger partial charge on any atom is 0.168 e. The third-order valence-corrected chi connectivity index (χ3v) is 9.53. The number of hydrogen-bond donors (Lipinski definition) is 2. The van der Waals surface area contributed by atoms with Crippen molar-refractivity contribution >= 4 is 96.6 Å². The van der Waals surface area contributed by atoms with Crippen LogP contribution in [-0.4, -0.2) is 61.1 Å². The van der Waals surface area contributed by atoms with Gasteiger partial charge in [0.2, 0.25) is 0 Å². The molecule has 6 nitrogen and oxygen atoms in total. The van der Waals surface area contributed by atoms with Gasteiger partial charge in [0, 0.05) is 27.6 Å². The summed E-state index contributed by atoms with van der Waals surface area (Å²) in [5.74, 6) is 0.0150. The van der Waals surface area contributed by atoms with Crippen LogP contribution < -0.4 is 21.9 Å². The minimum Gasteiger partial charge on any atom is -0.509 e. The van der Waals surface area contributed by atoms with Crippen molar-refractivity contribution in [1.82, 2.24) is 19.5 Å². The third-order valence-electron chi connectivity index (χ3n) is 9.53. The van der Waals surface area contributed by atoms with Crippen LogP contribution >= 0.6 is 0 Å². The predicted molar refractivity (Wildman–Crippen MR) is 210 cm³/mol. The molecule has 0 spiro atoms. The second-order valence-electron chi connectivity index (χ2n) is 12.4. The number of fused-ring (bicyclic) bond motifs is 5. The van der Waals surface area contributed by atoms with Crippen LogP contribution in [0.25, 0.3) is 83.2 Å². The van der Waals surface area contributed by atoms with Gasteiger partial charge in [-0.3, -0.25) is 0 Å². The molecule has 0 aliphatic heterocycles. The van der Waals surface area contributed by atoms with Crippen molar-refractivity contribution < 1.29 is 10.2 Å². The van der Waals surface area contributed by atoms with E-state index in [0.717, 1.165) is 43.7 Å². The molecule has 0 amide bonds. The van der Waals surface area contributed by atoms with Crippen molar-refractivity contribution in [3.05, 3.63) is 121 Å². The maximum atomic E-state index is 12.3. The van der Waals surface area contributed by atoms with Crippen molar-refractivity contribution in [1.29, 1.82) is 0 Å². The molecular formula is C41H22B4N4O2. The second-order valence-corrected chi connectivity index (χ2v) is 12.4. The van der Waals surface area contributed by atoms with E-state index in [2.05, 4.69) is 0 Å². The zero-order valence-corrected chi connectivity index (χ0v) is 27.0. The van der Waals surface area contributed by atoms with Gasteiger partial charge in [-0.15, -0.1) is 0 Å². The summed E-state index contributed by atoms with van der Waals surface area (Å²) in [5, 5.41) is 28.0. The Balaban J connectivity index is 1.42. The first-order valence-corrected chi connectivity index (χ1v) is 16.2. The highest BCUT2D eigenvalue weighted by Gasteiger charge is 2.27. The molecule has 230 valence electrons. The number of nitrogens with zero attached hydrogens (tertiary/aromatic N) is 4. The van der Waals surface area contributed by atoms with E-state index in [9.17, 15) is 10.2 Å². The summed E-state index contributed by atoms with van der Waals surface area (Å²) in [4.78, 5) is 14.7. The van der Waals surface area contributed by atoms with E-state index < -0.39 is 5.75 Å². The molecule has 9 rings (SSSR count). The summed E-state index contributed by atoms with van der Waals surface area (Å²) in [7, 11) is 26.9. The van der Waals surface area contributed by atoms with Gasteiger partial charge in [-0.2, -0.15) is 0 Å². The molecule has 10 heteroatoms. The molecule has 2 heterocycles. The van der Waals surface area contributed by atoms with Gasteiger partial charge < -0.3 is 14.8 Å². The maximum absolute atomic E-state index is 12.3. The van der Waals surface area contributed by atoms with E-state index >= 15 is 0 Å². The number of hydrogen-bond acceptors (Lipinski definition) is 5. The van der Waals surface area contributed by atoms with Gasteiger partial charge in [0.15, 0.2) is 17.5 Å². The van der Waals surface area contributed by atoms with E-state index in [1.54, 1.807) is 0 Å². The summed E-state index contributed by atoms with van der Waals surface area (Å²) in [6.45, 7) is 0. The molecule has 0 bridgehead atoms. The first-order chi connectivity index (χ1) is 24.8. The Morgan fingerprint density at radius 2 is 1.02 bits per heavy atom. The molecule has 0 atom stereocenters. The Kier molecular flexibility index (Phi) is 7.04. The van der Waals surface area contributed by atoms with Crippen LogP contribution in [0.2, 0.25) is 0 Å². The molecule has 0 aliphatic carbocycles. The molecule has 0 fully saturated rings. The lowest BCUT2D eigenvalue weighted by Gasteiger charge is -2.25. The van der Waals surface area contributed by atoms with Crippen molar-refractivity contribution in [2.75, 3.05) is 0 Å². The van der Waals surface area contributed by atoms with Gasteiger partial charge in [-0.05, 0) is 50.7 Å². The number of aromatic hydroxyl groups is 2. The number of rotatable bonds is 4. The third kappa shape index (κ3) is 4.67. The van der Waals surface area contributed by atoms with Crippen molar-refractivity contribution in [3.63, 3.8) is 0 Å². The molecule has 51 heavy (non-hydrogen) atoms. The average Bonchev–Trinajstić information content (AvgIpc) is 3.51.